The maximum atomic E-state index is 3.62. The Morgan fingerprint density at radius 1 is 1.24 bits per heavy atom. The average Bonchev–Trinajstić information content (AvgIpc) is 2.34. The van der Waals surface area contributed by atoms with Crippen LogP contribution in [0.25, 0.3) is 0 Å². The standard InChI is InChI=1S/C14H21NS2/c1-11-4-3-5-12(2)14(11)9-15-8-13-10-16-6-7-17-13/h3-5,13,15H,6-10H2,1-2H3. The summed E-state index contributed by atoms with van der Waals surface area (Å²) >= 11 is 4.22. The van der Waals surface area contributed by atoms with E-state index in [4.69, 9.17) is 0 Å². The number of thioether (sulfide) groups is 2. The van der Waals surface area contributed by atoms with Crippen LogP contribution in [-0.2, 0) is 6.54 Å². The molecule has 0 aromatic heterocycles. The lowest BCUT2D eigenvalue weighted by atomic mass is 10.0. The van der Waals surface area contributed by atoms with E-state index in [0.29, 0.717) is 0 Å². The van der Waals surface area contributed by atoms with Crippen molar-refractivity contribution in [2.45, 2.75) is 25.6 Å². The molecule has 1 fully saturated rings. The van der Waals surface area contributed by atoms with Crippen molar-refractivity contribution in [2.24, 2.45) is 0 Å². The summed E-state index contributed by atoms with van der Waals surface area (Å²) in [5, 5.41) is 4.42. The highest BCUT2D eigenvalue weighted by Crippen LogP contribution is 2.23. The summed E-state index contributed by atoms with van der Waals surface area (Å²) in [6.45, 7) is 6.57. The zero-order chi connectivity index (χ0) is 12.1. The smallest absolute Gasteiger partial charge is 0.0263 e. The summed E-state index contributed by atoms with van der Waals surface area (Å²) in [5.41, 5.74) is 4.28. The predicted octanol–water partition coefficient (Wildman–Crippen LogP) is 3.24. The zero-order valence-corrected chi connectivity index (χ0v) is 12.3. The van der Waals surface area contributed by atoms with Crippen LogP contribution >= 0.6 is 23.5 Å². The highest BCUT2D eigenvalue weighted by Gasteiger charge is 2.13. The van der Waals surface area contributed by atoms with Crippen LogP contribution in [0.1, 0.15) is 16.7 Å². The zero-order valence-electron chi connectivity index (χ0n) is 10.7. The Morgan fingerprint density at radius 3 is 2.65 bits per heavy atom. The van der Waals surface area contributed by atoms with E-state index in [1.165, 1.54) is 33.9 Å². The fourth-order valence-corrected chi connectivity index (χ4v) is 4.79. The lowest BCUT2D eigenvalue weighted by Crippen LogP contribution is -2.29. The largest absolute Gasteiger partial charge is 0.312 e. The third-order valence-corrected chi connectivity index (χ3v) is 6.05. The Morgan fingerprint density at radius 2 is 2.00 bits per heavy atom. The molecular formula is C14H21NS2. The van der Waals surface area contributed by atoms with Crippen molar-refractivity contribution in [3.8, 4) is 0 Å². The van der Waals surface area contributed by atoms with Crippen LogP contribution in [0.2, 0.25) is 0 Å². The van der Waals surface area contributed by atoms with Crippen molar-refractivity contribution < 1.29 is 0 Å². The van der Waals surface area contributed by atoms with Crippen molar-refractivity contribution in [3.63, 3.8) is 0 Å². The van der Waals surface area contributed by atoms with E-state index in [2.05, 4.69) is 60.9 Å². The highest BCUT2D eigenvalue weighted by atomic mass is 32.2. The molecule has 0 radical (unpaired) electrons. The Hall–Kier alpha value is -0.120. The molecule has 3 heteroatoms. The molecule has 1 atom stereocenters. The van der Waals surface area contributed by atoms with Gasteiger partial charge in [0.15, 0.2) is 0 Å². The van der Waals surface area contributed by atoms with Crippen LogP contribution in [-0.4, -0.2) is 29.1 Å². The lowest BCUT2D eigenvalue weighted by Gasteiger charge is -2.21. The lowest BCUT2D eigenvalue weighted by molar-refractivity contribution is 0.681. The first-order valence-electron chi connectivity index (χ1n) is 6.22. The second-order valence-electron chi connectivity index (χ2n) is 4.57. The van der Waals surface area contributed by atoms with Crippen LogP contribution < -0.4 is 5.32 Å². The molecule has 1 nitrogen and oxygen atoms in total. The van der Waals surface area contributed by atoms with Gasteiger partial charge in [-0.3, -0.25) is 0 Å². The summed E-state index contributed by atoms with van der Waals surface area (Å²) in [6, 6.07) is 6.55. The topological polar surface area (TPSA) is 12.0 Å². The van der Waals surface area contributed by atoms with Crippen LogP contribution in [0.4, 0.5) is 0 Å². The van der Waals surface area contributed by atoms with Crippen molar-refractivity contribution in [1.29, 1.82) is 0 Å². The highest BCUT2D eigenvalue weighted by molar-refractivity contribution is 8.06. The number of aryl methyl sites for hydroxylation is 2. The summed E-state index contributed by atoms with van der Waals surface area (Å²) < 4.78 is 0. The van der Waals surface area contributed by atoms with Crippen LogP contribution in [0.15, 0.2) is 18.2 Å². The minimum Gasteiger partial charge on any atom is -0.312 e. The Balaban J connectivity index is 1.81. The van der Waals surface area contributed by atoms with Gasteiger partial charge in [0.1, 0.15) is 0 Å². The van der Waals surface area contributed by atoms with Gasteiger partial charge in [-0.05, 0) is 30.5 Å². The molecule has 1 aliphatic rings. The van der Waals surface area contributed by atoms with E-state index in [-0.39, 0.29) is 0 Å². The molecule has 2 rings (SSSR count). The molecule has 0 amide bonds. The van der Waals surface area contributed by atoms with Crippen molar-refractivity contribution >= 4 is 23.5 Å². The van der Waals surface area contributed by atoms with Gasteiger partial charge in [0, 0.05) is 35.6 Å². The van der Waals surface area contributed by atoms with Gasteiger partial charge < -0.3 is 5.32 Å². The van der Waals surface area contributed by atoms with Gasteiger partial charge in [-0.15, -0.1) is 0 Å². The van der Waals surface area contributed by atoms with E-state index in [9.17, 15) is 0 Å². The third kappa shape index (κ3) is 3.94. The second kappa shape index (κ2) is 6.72. The summed E-state index contributed by atoms with van der Waals surface area (Å²) in [7, 11) is 0. The average molecular weight is 267 g/mol. The quantitative estimate of drug-likeness (QED) is 0.899. The molecule has 1 aromatic rings. The molecule has 94 valence electrons. The van der Waals surface area contributed by atoms with Crippen molar-refractivity contribution in [2.75, 3.05) is 23.8 Å². The first-order valence-corrected chi connectivity index (χ1v) is 8.43. The fourth-order valence-electron chi connectivity index (χ4n) is 2.14. The van der Waals surface area contributed by atoms with E-state index < -0.39 is 0 Å². The normalized spacial score (nSPS) is 20.5. The van der Waals surface area contributed by atoms with Gasteiger partial charge in [-0.25, -0.2) is 0 Å². The van der Waals surface area contributed by atoms with E-state index in [1.807, 2.05) is 0 Å². The Bertz CT molecular complexity index is 339. The first-order chi connectivity index (χ1) is 8.27. The number of rotatable bonds is 4. The number of nitrogens with one attached hydrogen (secondary N) is 1. The van der Waals surface area contributed by atoms with Crippen molar-refractivity contribution in [1.82, 2.24) is 5.32 Å². The van der Waals surface area contributed by atoms with E-state index in [0.717, 1.165) is 18.3 Å². The van der Waals surface area contributed by atoms with Gasteiger partial charge >= 0.3 is 0 Å². The predicted molar refractivity (Wildman–Crippen MR) is 81.2 cm³/mol. The number of hydrogen-bond acceptors (Lipinski definition) is 3. The maximum absolute atomic E-state index is 3.62. The molecule has 1 heterocycles. The van der Waals surface area contributed by atoms with E-state index in [1.54, 1.807) is 0 Å². The van der Waals surface area contributed by atoms with Gasteiger partial charge in [0.25, 0.3) is 0 Å². The van der Waals surface area contributed by atoms with Gasteiger partial charge in [-0.2, -0.15) is 23.5 Å². The molecule has 0 aliphatic carbocycles. The second-order valence-corrected chi connectivity index (χ2v) is 7.13. The number of hydrogen-bond donors (Lipinski definition) is 1. The van der Waals surface area contributed by atoms with Crippen molar-refractivity contribution in [3.05, 3.63) is 34.9 Å². The van der Waals surface area contributed by atoms with Crippen LogP contribution in [0, 0.1) is 13.8 Å². The Labute approximate surface area is 113 Å². The monoisotopic (exact) mass is 267 g/mol. The summed E-state index contributed by atoms with van der Waals surface area (Å²) in [5.74, 6) is 3.96. The molecule has 1 aromatic carbocycles. The summed E-state index contributed by atoms with van der Waals surface area (Å²) in [4.78, 5) is 0. The SMILES string of the molecule is Cc1cccc(C)c1CNCC1CSCCS1. The molecule has 1 saturated heterocycles. The molecule has 0 bridgehead atoms. The molecule has 1 aliphatic heterocycles. The minimum atomic E-state index is 0.804. The van der Waals surface area contributed by atoms with Gasteiger partial charge in [0.2, 0.25) is 0 Å². The van der Waals surface area contributed by atoms with Gasteiger partial charge in [0.05, 0.1) is 0 Å². The molecule has 1 N–H and O–H groups in total. The third-order valence-electron chi connectivity index (χ3n) is 3.20. The van der Waals surface area contributed by atoms with E-state index >= 15 is 0 Å². The minimum absolute atomic E-state index is 0.804. The van der Waals surface area contributed by atoms with Crippen LogP contribution in [0.5, 0.6) is 0 Å². The summed E-state index contributed by atoms with van der Waals surface area (Å²) in [6.07, 6.45) is 0. The maximum Gasteiger partial charge on any atom is 0.0263 e. The first kappa shape index (κ1) is 13.3. The Kier molecular flexibility index (Phi) is 5.26. The fraction of sp³-hybridized carbons (Fsp3) is 0.571. The molecule has 0 saturated carbocycles. The molecule has 17 heavy (non-hydrogen) atoms. The van der Waals surface area contributed by atoms with Gasteiger partial charge in [-0.1, -0.05) is 18.2 Å². The molecule has 1 unspecified atom stereocenters. The van der Waals surface area contributed by atoms with Crippen LogP contribution in [0.3, 0.4) is 0 Å². The number of benzene rings is 1. The molecule has 0 spiro atoms. The molecular weight excluding hydrogens is 246 g/mol.